The molecule has 275 valence electrons. The topological polar surface area (TPSA) is 63.1 Å². The van der Waals surface area contributed by atoms with Crippen molar-refractivity contribution < 1.29 is 30.0 Å². The van der Waals surface area contributed by atoms with E-state index in [9.17, 15) is 9.90 Å². The van der Waals surface area contributed by atoms with Crippen molar-refractivity contribution in [2.75, 3.05) is 0 Å². The summed E-state index contributed by atoms with van der Waals surface area (Å²) in [4.78, 5) is 21.4. The van der Waals surface area contributed by atoms with Crippen LogP contribution in [0.4, 0.5) is 0 Å². The van der Waals surface area contributed by atoms with Gasteiger partial charge >= 0.3 is 0 Å². The third-order valence-electron chi connectivity index (χ3n) is 11.0. The van der Waals surface area contributed by atoms with Crippen molar-refractivity contribution in [1.82, 2.24) is 9.97 Å². The van der Waals surface area contributed by atoms with Crippen molar-refractivity contribution in [3.63, 3.8) is 0 Å². The summed E-state index contributed by atoms with van der Waals surface area (Å²) in [5.41, 5.74) is 9.03. The summed E-state index contributed by atoms with van der Waals surface area (Å²) < 4.78 is 0. The Morgan fingerprint density at radius 1 is 0.863 bits per heavy atom. The Balaban J connectivity index is 0.000000335. The van der Waals surface area contributed by atoms with E-state index in [2.05, 4.69) is 111 Å². The summed E-state index contributed by atoms with van der Waals surface area (Å²) in [6, 6.07) is 23.2. The van der Waals surface area contributed by atoms with Gasteiger partial charge in [-0.1, -0.05) is 129 Å². The minimum absolute atomic E-state index is 0. The molecule has 1 aliphatic carbocycles. The maximum Gasteiger partial charge on any atom is 0.164 e. The van der Waals surface area contributed by atoms with Crippen LogP contribution in [0.3, 0.4) is 0 Å². The Morgan fingerprint density at radius 2 is 1.49 bits per heavy atom. The van der Waals surface area contributed by atoms with Crippen LogP contribution in [0.5, 0.6) is 0 Å². The zero-order chi connectivity index (χ0) is 36.9. The Bertz CT molecular complexity index is 1870. The van der Waals surface area contributed by atoms with Crippen LogP contribution < -0.4 is 0 Å². The monoisotopic (exact) mass is 864 g/mol. The summed E-state index contributed by atoms with van der Waals surface area (Å²) >= 11 is 0. The van der Waals surface area contributed by atoms with E-state index >= 15 is 0 Å². The zero-order valence-corrected chi connectivity index (χ0v) is 35.2. The number of ketones is 1. The van der Waals surface area contributed by atoms with Crippen LogP contribution in [-0.4, -0.2) is 20.9 Å². The molecule has 1 heterocycles. The number of aliphatic hydroxyl groups is 1. The molecule has 4 nitrogen and oxygen atoms in total. The third-order valence-corrected chi connectivity index (χ3v) is 11.0. The first-order valence-electron chi connectivity index (χ1n) is 18.6. The van der Waals surface area contributed by atoms with Crippen LogP contribution >= 0.6 is 0 Å². The van der Waals surface area contributed by atoms with E-state index in [1.807, 2.05) is 41.5 Å². The molecule has 0 bridgehead atoms. The average molecular weight is 864 g/mol. The molecule has 0 aliphatic heterocycles. The summed E-state index contributed by atoms with van der Waals surface area (Å²) in [6.07, 6.45) is 11.0. The third kappa shape index (κ3) is 9.93. The first-order valence-corrected chi connectivity index (χ1v) is 18.6. The Hall–Kier alpha value is -3.40. The smallest absolute Gasteiger partial charge is 0.164 e. The molecule has 0 spiro atoms. The maximum absolute atomic E-state index is 12.2. The number of hydrogen-bond donors (Lipinski definition) is 1. The molecule has 3 aromatic carbocycles. The van der Waals surface area contributed by atoms with Crippen LogP contribution in [0.2, 0.25) is 0 Å². The standard InChI is InChI=1S/C31H31N2.C15H28O2.Ir/c1-20(2)12-21-13-22-10-11-24(16-25(22)14-21)29-18-30(33-19-32-29)26-15-23-8-6-7-9-27(23)28(17-26)31(3,4)5;1-7-14(5,8-2)12(16)11-13(17)15(6,9-3)10-4;/h6-11,14,16-20H,12-13H2,1-5H3;11,16H,7-10H2,1-6H3;/q-1;;/b;12-11-;. The Kier molecular flexibility index (Phi) is 14.3. The van der Waals surface area contributed by atoms with Gasteiger partial charge in [-0.15, -0.1) is 29.1 Å². The van der Waals surface area contributed by atoms with Crippen LogP contribution in [-0.2, 0) is 36.7 Å². The van der Waals surface area contributed by atoms with Gasteiger partial charge in [0, 0.05) is 48.3 Å². The Morgan fingerprint density at radius 3 is 2.10 bits per heavy atom. The summed E-state index contributed by atoms with van der Waals surface area (Å²) in [5, 5.41) is 12.5. The van der Waals surface area contributed by atoms with Gasteiger partial charge in [0.2, 0.25) is 0 Å². The molecule has 0 fully saturated rings. The van der Waals surface area contributed by atoms with E-state index in [0.29, 0.717) is 5.92 Å². The number of allylic oxidation sites excluding steroid dienone is 3. The van der Waals surface area contributed by atoms with Gasteiger partial charge in [0.25, 0.3) is 0 Å². The number of rotatable bonds is 11. The quantitative estimate of drug-likeness (QED) is 0.0927. The molecule has 1 aliphatic rings. The van der Waals surface area contributed by atoms with E-state index in [1.54, 1.807) is 6.33 Å². The zero-order valence-electron chi connectivity index (χ0n) is 32.8. The number of aliphatic hydroxyl groups excluding tert-OH is 1. The second-order valence-electron chi connectivity index (χ2n) is 16.1. The fourth-order valence-corrected chi connectivity index (χ4v) is 6.56. The van der Waals surface area contributed by atoms with Gasteiger partial charge in [-0.25, -0.2) is 4.98 Å². The SMILES string of the molecule is CC(C)CC1=Cc2cc(-c3cc(-c4[c-]c5ccccc5c(C(C)(C)C)c4)ncn3)ccc2C1.CCC(C)(CC)C(=O)/C=C(\O)C(C)(CC)CC.[Ir]. The number of carbonyl (C=O) groups is 1. The molecule has 0 amide bonds. The van der Waals surface area contributed by atoms with Crippen LogP contribution in [0, 0.1) is 22.8 Å². The number of carbonyl (C=O) groups excluding carboxylic acids is 1. The van der Waals surface area contributed by atoms with Gasteiger partial charge in [0.1, 0.15) is 12.1 Å². The molecule has 0 atom stereocenters. The van der Waals surface area contributed by atoms with Gasteiger partial charge in [0.05, 0.1) is 5.69 Å². The molecular weight excluding hydrogens is 805 g/mol. The molecule has 0 saturated heterocycles. The van der Waals surface area contributed by atoms with Gasteiger partial charge < -0.3 is 5.11 Å². The summed E-state index contributed by atoms with van der Waals surface area (Å²) in [7, 11) is 0. The van der Waals surface area contributed by atoms with E-state index in [0.717, 1.165) is 66.4 Å². The summed E-state index contributed by atoms with van der Waals surface area (Å²) in [5.74, 6) is 0.972. The van der Waals surface area contributed by atoms with Crippen LogP contribution in [0.1, 0.15) is 125 Å². The second-order valence-corrected chi connectivity index (χ2v) is 16.1. The van der Waals surface area contributed by atoms with Crippen molar-refractivity contribution in [1.29, 1.82) is 0 Å². The van der Waals surface area contributed by atoms with E-state index in [4.69, 9.17) is 0 Å². The van der Waals surface area contributed by atoms with Gasteiger partial charge in [-0.2, -0.15) is 0 Å². The molecule has 0 unspecified atom stereocenters. The maximum atomic E-state index is 12.2. The largest absolute Gasteiger partial charge is 0.512 e. The van der Waals surface area contributed by atoms with Crippen molar-refractivity contribution in [2.45, 2.75) is 120 Å². The molecule has 4 aromatic rings. The predicted molar refractivity (Wildman–Crippen MR) is 212 cm³/mol. The van der Waals surface area contributed by atoms with Crippen LogP contribution in [0.15, 0.2) is 78.3 Å². The number of hydrogen-bond acceptors (Lipinski definition) is 4. The normalized spacial score (nSPS) is 13.3. The minimum atomic E-state index is -0.337. The summed E-state index contributed by atoms with van der Waals surface area (Å²) in [6.45, 7) is 23.4. The fraction of sp³-hybridized carbons (Fsp3) is 0.457. The Labute approximate surface area is 321 Å². The van der Waals surface area contributed by atoms with Gasteiger partial charge in [-0.3, -0.25) is 9.78 Å². The average Bonchev–Trinajstić information content (AvgIpc) is 3.51. The molecule has 1 N–H and O–H groups in total. The molecular formula is C46H59IrN2O2-. The molecule has 5 heteroatoms. The molecule has 5 rings (SSSR count). The fourth-order valence-electron chi connectivity index (χ4n) is 6.56. The number of fused-ring (bicyclic) bond motifs is 2. The minimum Gasteiger partial charge on any atom is -0.512 e. The molecule has 1 radical (unpaired) electrons. The predicted octanol–water partition coefficient (Wildman–Crippen LogP) is 12.7. The number of aromatic nitrogens is 2. The van der Waals surface area contributed by atoms with Gasteiger partial charge in [0.15, 0.2) is 5.78 Å². The number of nitrogens with zero attached hydrogens (tertiary/aromatic N) is 2. The van der Waals surface area contributed by atoms with E-state index in [-0.39, 0.29) is 47.9 Å². The molecule has 51 heavy (non-hydrogen) atoms. The van der Waals surface area contributed by atoms with E-state index in [1.165, 1.54) is 33.7 Å². The molecule has 0 saturated carbocycles. The van der Waals surface area contributed by atoms with E-state index < -0.39 is 0 Å². The van der Waals surface area contributed by atoms with Crippen LogP contribution in [0.25, 0.3) is 39.4 Å². The molecule has 1 aromatic heterocycles. The van der Waals surface area contributed by atoms with Crippen molar-refractivity contribution >= 4 is 22.6 Å². The van der Waals surface area contributed by atoms with Crippen molar-refractivity contribution in [2.24, 2.45) is 16.7 Å². The van der Waals surface area contributed by atoms with Crippen molar-refractivity contribution in [3.05, 3.63) is 101 Å². The first kappa shape index (κ1) is 42.0. The van der Waals surface area contributed by atoms with Gasteiger partial charge in [-0.05, 0) is 73.1 Å². The van der Waals surface area contributed by atoms with Crippen molar-refractivity contribution in [3.8, 4) is 22.5 Å². The number of benzene rings is 3. The first-order chi connectivity index (χ1) is 23.6. The second kappa shape index (κ2) is 17.4.